The number of carbonyl (C=O) groups excluding carboxylic acids is 3. The van der Waals surface area contributed by atoms with Gasteiger partial charge >= 0.3 is 11.9 Å². The van der Waals surface area contributed by atoms with Gasteiger partial charge in [-0.15, -0.1) is 10.2 Å². The van der Waals surface area contributed by atoms with E-state index < -0.39 is 11.9 Å². The number of esters is 2. The molecule has 5 rings (SSSR count). The van der Waals surface area contributed by atoms with Gasteiger partial charge in [-0.3, -0.25) is 19.2 Å². The highest BCUT2D eigenvalue weighted by molar-refractivity contribution is 5.99. The molecule has 5 aromatic rings. The summed E-state index contributed by atoms with van der Waals surface area (Å²) >= 11 is 0. The van der Waals surface area contributed by atoms with Crippen molar-refractivity contribution in [1.29, 1.82) is 0 Å². The van der Waals surface area contributed by atoms with Crippen LogP contribution in [-0.2, 0) is 25.7 Å². The number of aliphatic hydroxyl groups is 1. The molecule has 4 aromatic heterocycles. The van der Waals surface area contributed by atoms with E-state index in [4.69, 9.17) is 4.74 Å². The Hall–Kier alpha value is -5.66. The van der Waals surface area contributed by atoms with Crippen LogP contribution in [0.1, 0.15) is 41.7 Å². The molecular formula is C29H28N6O8. The van der Waals surface area contributed by atoms with Crippen molar-refractivity contribution in [2.45, 2.75) is 32.3 Å². The van der Waals surface area contributed by atoms with Crippen LogP contribution in [0.5, 0.6) is 5.75 Å². The van der Waals surface area contributed by atoms with Gasteiger partial charge in [0.05, 0.1) is 50.5 Å². The normalized spacial score (nSPS) is 11.4. The standard InChI is InChI=1S/C18H17N3O4.C11H11N3O4/c1-24-17(23)10-8-15(22)18-16(9-7-14-11-19-20-21(14)18)25-12-13-5-3-2-4-6-13;1-18-10(17)5-4-9(16)11-8(15)3-2-7-6-12-13-14(7)11/h2-7,9,11H,8,10,12H2,1H3;2-3,6,16H,4-5H2,1H3. The summed E-state index contributed by atoms with van der Waals surface area (Å²) in [7, 11) is 2.55. The van der Waals surface area contributed by atoms with Crippen LogP contribution in [0.3, 0.4) is 0 Å². The fourth-order valence-corrected chi connectivity index (χ4v) is 4.00. The third-order valence-corrected chi connectivity index (χ3v) is 6.20. The maximum Gasteiger partial charge on any atom is 0.305 e. The fraction of sp³-hybridized carbons (Fsp3) is 0.241. The van der Waals surface area contributed by atoms with E-state index in [1.54, 1.807) is 24.4 Å². The number of rotatable bonds is 10. The molecule has 14 heteroatoms. The minimum Gasteiger partial charge on any atom is -0.510 e. The molecule has 1 aromatic carbocycles. The molecule has 0 aliphatic heterocycles. The van der Waals surface area contributed by atoms with E-state index in [1.807, 2.05) is 30.3 Å². The zero-order valence-corrected chi connectivity index (χ0v) is 23.4. The number of fused-ring (bicyclic) bond motifs is 2. The number of hydrogen-bond donors (Lipinski definition) is 1. The van der Waals surface area contributed by atoms with Crippen LogP contribution in [0.4, 0.5) is 0 Å². The second-order valence-electron chi connectivity index (χ2n) is 9.03. The van der Waals surface area contributed by atoms with Crippen LogP contribution >= 0.6 is 0 Å². The van der Waals surface area contributed by atoms with Gasteiger partial charge in [-0.2, -0.15) is 0 Å². The van der Waals surface area contributed by atoms with Gasteiger partial charge in [0.1, 0.15) is 18.1 Å². The Morgan fingerprint density at radius 1 is 0.767 bits per heavy atom. The summed E-state index contributed by atoms with van der Waals surface area (Å²) in [6.45, 7) is 0.318. The van der Waals surface area contributed by atoms with E-state index in [0.717, 1.165) is 5.56 Å². The molecular weight excluding hydrogens is 560 g/mol. The summed E-state index contributed by atoms with van der Waals surface area (Å²) in [5, 5.41) is 25.1. The van der Waals surface area contributed by atoms with Gasteiger partial charge < -0.3 is 19.3 Å². The van der Waals surface area contributed by atoms with Crippen LogP contribution in [0.15, 0.2) is 71.8 Å². The minimum absolute atomic E-state index is 0.00145. The molecule has 0 saturated heterocycles. The van der Waals surface area contributed by atoms with Gasteiger partial charge in [0.2, 0.25) is 5.43 Å². The number of benzene rings is 1. The maximum absolute atomic E-state index is 12.6. The van der Waals surface area contributed by atoms with Crippen molar-refractivity contribution in [3.63, 3.8) is 0 Å². The first kappa shape index (κ1) is 30.3. The van der Waals surface area contributed by atoms with Crippen LogP contribution in [0.25, 0.3) is 16.8 Å². The summed E-state index contributed by atoms with van der Waals surface area (Å²) in [4.78, 5) is 46.6. The van der Waals surface area contributed by atoms with Crippen LogP contribution in [0.2, 0.25) is 0 Å². The van der Waals surface area contributed by atoms with E-state index in [-0.39, 0.29) is 53.7 Å². The number of ether oxygens (including phenoxy) is 3. The molecule has 0 bridgehead atoms. The van der Waals surface area contributed by atoms with E-state index in [0.29, 0.717) is 23.4 Å². The molecule has 0 amide bonds. The number of aromatic nitrogens is 6. The quantitative estimate of drug-likeness (QED) is 0.185. The maximum atomic E-state index is 12.6. The predicted molar refractivity (Wildman–Crippen MR) is 151 cm³/mol. The molecule has 0 fully saturated rings. The van der Waals surface area contributed by atoms with Gasteiger partial charge in [0.25, 0.3) is 0 Å². The largest absolute Gasteiger partial charge is 0.510 e. The molecule has 0 saturated carbocycles. The molecule has 0 spiro atoms. The lowest BCUT2D eigenvalue weighted by atomic mass is 10.1. The molecule has 0 aliphatic rings. The Morgan fingerprint density at radius 3 is 2.05 bits per heavy atom. The second kappa shape index (κ2) is 14.3. The molecule has 4 heterocycles. The third-order valence-electron chi connectivity index (χ3n) is 6.20. The average molecular weight is 589 g/mol. The Labute approximate surface area is 244 Å². The average Bonchev–Trinajstić information content (AvgIpc) is 3.71. The molecule has 14 nitrogen and oxygen atoms in total. The Balaban J connectivity index is 0.000000208. The zero-order chi connectivity index (χ0) is 30.8. The highest BCUT2D eigenvalue weighted by atomic mass is 16.5. The Bertz CT molecular complexity index is 1850. The summed E-state index contributed by atoms with van der Waals surface area (Å²) in [5.74, 6) is -0.964. The first-order valence-corrected chi connectivity index (χ1v) is 13.0. The van der Waals surface area contributed by atoms with Crippen LogP contribution in [0, 0.1) is 0 Å². The lowest BCUT2D eigenvalue weighted by Gasteiger charge is -2.12. The minimum atomic E-state index is -0.459. The number of pyridine rings is 2. The van der Waals surface area contributed by atoms with Crippen molar-refractivity contribution in [2.24, 2.45) is 0 Å². The van der Waals surface area contributed by atoms with Crippen LogP contribution < -0.4 is 15.5 Å². The molecule has 0 aliphatic carbocycles. The predicted octanol–water partition coefficient (Wildman–Crippen LogP) is 1.87. The number of methoxy groups -OCH3 is 2. The van der Waals surface area contributed by atoms with Gasteiger partial charge in [-0.05, 0) is 29.8 Å². The molecule has 0 unspecified atom stereocenters. The Kier molecular flexibility index (Phi) is 10.1. The number of carbonyl (C=O) groups is 3. The fourth-order valence-electron chi connectivity index (χ4n) is 4.00. The number of hydrogen-bond acceptors (Lipinski definition) is 12. The van der Waals surface area contributed by atoms with Gasteiger partial charge in [-0.1, -0.05) is 40.8 Å². The summed E-state index contributed by atoms with van der Waals surface area (Å²) in [5.41, 5.74) is 2.14. The van der Waals surface area contributed by atoms with Crippen molar-refractivity contribution >= 4 is 34.5 Å². The van der Waals surface area contributed by atoms with Crippen molar-refractivity contribution in [2.75, 3.05) is 14.2 Å². The molecule has 43 heavy (non-hydrogen) atoms. The lowest BCUT2D eigenvalue weighted by molar-refractivity contribution is -0.141. The molecule has 222 valence electrons. The lowest BCUT2D eigenvalue weighted by Crippen LogP contribution is -2.33. The molecule has 0 radical (unpaired) electrons. The molecule has 0 atom stereocenters. The first-order chi connectivity index (χ1) is 20.8. The highest BCUT2D eigenvalue weighted by Crippen LogP contribution is 2.23. The summed E-state index contributed by atoms with van der Waals surface area (Å²) in [6, 6.07) is 16.0. The second-order valence-corrected chi connectivity index (χ2v) is 9.03. The van der Waals surface area contributed by atoms with E-state index in [2.05, 4.69) is 30.1 Å². The van der Waals surface area contributed by atoms with E-state index in [9.17, 15) is 24.3 Å². The smallest absolute Gasteiger partial charge is 0.305 e. The topological polar surface area (TPSA) is 177 Å². The first-order valence-electron chi connectivity index (χ1n) is 13.0. The van der Waals surface area contributed by atoms with E-state index >= 15 is 0 Å². The number of aliphatic hydroxyl groups excluding tert-OH is 1. The number of nitrogens with zero attached hydrogens (tertiary/aromatic N) is 6. The van der Waals surface area contributed by atoms with Gasteiger partial charge in [0, 0.05) is 12.8 Å². The van der Waals surface area contributed by atoms with Crippen molar-refractivity contribution in [1.82, 2.24) is 29.7 Å². The summed E-state index contributed by atoms with van der Waals surface area (Å²) < 4.78 is 17.6. The SMILES string of the molecule is COC(=O)CCC(=O)c1c(OCc2ccccc2)ccc2cnnn12.COC(=O)CCC(O)=c1c(=O)ccc2cnnn12. The summed E-state index contributed by atoms with van der Waals surface area (Å²) in [6.07, 6.45) is 3.04. The number of ketones is 1. The van der Waals surface area contributed by atoms with Crippen molar-refractivity contribution in [3.8, 4) is 5.75 Å². The zero-order valence-electron chi connectivity index (χ0n) is 23.4. The van der Waals surface area contributed by atoms with E-state index in [1.165, 1.54) is 35.5 Å². The Morgan fingerprint density at radius 2 is 1.37 bits per heavy atom. The number of Topliss-reactive ketones (excluding diaryl/α,β-unsaturated/α-hetero) is 1. The van der Waals surface area contributed by atoms with Gasteiger partial charge in [0.15, 0.2) is 16.8 Å². The van der Waals surface area contributed by atoms with Crippen molar-refractivity contribution in [3.05, 3.63) is 93.8 Å². The van der Waals surface area contributed by atoms with Gasteiger partial charge in [-0.25, -0.2) is 9.03 Å². The molecule has 1 N–H and O–H groups in total. The monoisotopic (exact) mass is 588 g/mol. The van der Waals surface area contributed by atoms with Crippen molar-refractivity contribution < 1.29 is 33.7 Å². The third kappa shape index (κ3) is 7.55. The van der Waals surface area contributed by atoms with Crippen LogP contribution in [-0.4, -0.2) is 66.7 Å². The highest BCUT2D eigenvalue weighted by Gasteiger charge is 2.20.